The fourth-order valence-electron chi connectivity index (χ4n) is 3.37. The third-order valence-corrected chi connectivity index (χ3v) is 5.50. The molecule has 0 saturated heterocycles. The molecule has 35 heavy (non-hydrogen) atoms. The summed E-state index contributed by atoms with van der Waals surface area (Å²) in [6, 6.07) is 28.3. The summed E-state index contributed by atoms with van der Waals surface area (Å²) in [4.78, 5) is 24.7. The molecule has 5 heteroatoms. The molecule has 0 amide bonds. The maximum Gasteiger partial charge on any atom is 0.343 e. The lowest BCUT2D eigenvalue weighted by Gasteiger charge is -2.09. The minimum absolute atomic E-state index is 0.409. The molecular formula is C30H26O5. The van der Waals surface area contributed by atoms with Gasteiger partial charge < -0.3 is 14.2 Å². The third kappa shape index (κ3) is 6.36. The Balaban J connectivity index is 1.31. The van der Waals surface area contributed by atoms with Crippen LogP contribution < -0.4 is 14.2 Å². The number of hydrogen-bond acceptors (Lipinski definition) is 5. The molecule has 5 nitrogen and oxygen atoms in total. The quantitative estimate of drug-likeness (QED) is 0.206. The Bertz CT molecular complexity index is 1170. The average Bonchev–Trinajstić information content (AvgIpc) is 2.91. The lowest BCUT2D eigenvalue weighted by Crippen LogP contribution is -2.08. The van der Waals surface area contributed by atoms with Gasteiger partial charge >= 0.3 is 11.9 Å². The zero-order valence-electron chi connectivity index (χ0n) is 19.7. The van der Waals surface area contributed by atoms with Gasteiger partial charge in [0.05, 0.1) is 11.1 Å². The molecule has 176 valence electrons. The van der Waals surface area contributed by atoms with Crippen LogP contribution in [0.2, 0.25) is 0 Å². The van der Waals surface area contributed by atoms with E-state index in [4.69, 9.17) is 14.2 Å². The average molecular weight is 467 g/mol. The summed E-state index contributed by atoms with van der Waals surface area (Å²) in [5, 5.41) is 0. The largest absolute Gasteiger partial charge is 0.457 e. The van der Waals surface area contributed by atoms with Gasteiger partial charge in [-0.25, -0.2) is 9.59 Å². The van der Waals surface area contributed by atoms with Crippen LogP contribution in [-0.4, -0.2) is 11.9 Å². The number of carbonyl (C=O) groups is 2. The maximum atomic E-state index is 12.3. The van der Waals surface area contributed by atoms with Crippen molar-refractivity contribution in [2.75, 3.05) is 0 Å². The minimum atomic E-state index is -0.409. The predicted molar refractivity (Wildman–Crippen MR) is 135 cm³/mol. The molecule has 0 fully saturated rings. The van der Waals surface area contributed by atoms with Gasteiger partial charge in [0.2, 0.25) is 0 Å². The number of esters is 2. The van der Waals surface area contributed by atoms with Crippen molar-refractivity contribution in [3.63, 3.8) is 0 Å². The molecule has 0 aliphatic carbocycles. The van der Waals surface area contributed by atoms with Crippen LogP contribution in [0.1, 0.15) is 45.7 Å². The lowest BCUT2D eigenvalue weighted by molar-refractivity contribution is 0.0725. The van der Waals surface area contributed by atoms with Gasteiger partial charge in [0.1, 0.15) is 23.0 Å². The molecule has 0 unspecified atom stereocenters. The predicted octanol–water partition coefficient (Wildman–Crippen LogP) is 7.04. The van der Waals surface area contributed by atoms with Crippen molar-refractivity contribution in [3.05, 3.63) is 119 Å². The first kappa shape index (κ1) is 23.8. The first-order valence-electron chi connectivity index (χ1n) is 11.5. The second kappa shape index (κ2) is 11.2. The highest BCUT2D eigenvalue weighted by atomic mass is 16.5. The van der Waals surface area contributed by atoms with Gasteiger partial charge in [-0.15, -0.1) is 0 Å². The standard InChI is InChI=1S/C30H26O5/c1-3-21-5-9-23(10-6-21)29(31)34-27-17-13-25(14-18-27)33-26-15-19-28(20-16-26)35-30(32)24-11-7-22(4-2)8-12-24/h5-20H,3-4H2,1-2H3. The molecule has 0 radical (unpaired) electrons. The van der Waals surface area contributed by atoms with Crippen molar-refractivity contribution in [2.24, 2.45) is 0 Å². The first-order valence-corrected chi connectivity index (χ1v) is 11.5. The van der Waals surface area contributed by atoms with Crippen LogP contribution in [-0.2, 0) is 12.8 Å². The smallest absolute Gasteiger partial charge is 0.343 e. The SMILES string of the molecule is CCc1ccc(C(=O)Oc2ccc(Oc3ccc(OC(=O)c4ccc(CC)cc4)cc3)cc2)cc1. The second-order valence-corrected chi connectivity index (χ2v) is 7.92. The minimum Gasteiger partial charge on any atom is -0.457 e. The Hall–Kier alpha value is -4.38. The molecule has 0 aliphatic rings. The summed E-state index contributed by atoms with van der Waals surface area (Å²) in [6.07, 6.45) is 1.83. The Morgan fingerprint density at radius 3 is 1.11 bits per heavy atom. The number of hydrogen-bond donors (Lipinski definition) is 0. The molecular weight excluding hydrogens is 440 g/mol. The molecule has 0 saturated carbocycles. The summed E-state index contributed by atoms with van der Waals surface area (Å²) in [5.74, 6) is 1.20. The van der Waals surface area contributed by atoms with E-state index in [9.17, 15) is 9.59 Å². The van der Waals surface area contributed by atoms with Gasteiger partial charge in [-0.1, -0.05) is 38.1 Å². The third-order valence-electron chi connectivity index (χ3n) is 5.50. The van der Waals surface area contributed by atoms with Gasteiger partial charge in [-0.05, 0) is 96.8 Å². The van der Waals surface area contributed by atoms with E-state index in [1.165, 1.54) is 0 Å². The van der Waals surface area contributed by atoms with Gasteiger partial charge in [-0.3, -0.25) is 0 Å². The first-order chi connectivity index (χ1) is 17.0. The number of carbonyl (C=O) groups excluding carboxylic acids is 2. The van der Waals surface area contributed by atoms with Crippen LogP contribution in [0, 0.1) is 0 Å². The van der Waals surface area contributed by atoms with E-state index in [0.717, 1.165) is 24.0 Å². The Morgan fingerprint density at radius 2 is 0.800 bits per heavy atom. The van der Waals surface area contributed by atoms with E-state index in [0.29, 0.717) is 34.1 Å². The zero-order valence-corrected chi connectivity index (χ0v) is 19.7. The summed E-state index contributed by atoms with van der Waals surface area (Å²) in [6.45, 7) is 4.13. The van der Waals surface area contributed by atoms with Crippen LogP contribution in [0.15, 0.2) is 97.1 Å². The van der Waals surface area contributed by atoms with Crippen molar-refractivity contribution in [2.45, 2.75) is 26.7 Å². The van der Waals surface area contributed by atoms with E-state index < -0.39 is 11.9 Å². The normalized spacial score (nSPS) is 10.5. The van der Waals surface area contributed by atoms with Gasteiger partial charge in [-0.2, -0.15) is 0 Å². The molecule has 4 rings (SSSR count). The summed E-state index contributed by atoms with van der Waals surface area (Å²) < 4.78 is 16.7. The maximum absolute atomic E-state index is 12.3. The second-order valence-electron chi connectivity index (χ2n) is 7.92. The van der Waals surface area contributed by atoms with Gasteiger partial charge in [0.25, 0.3) is 0 Å². The van der Waals surface area contributed by atoms with Crippen LogP contribution in [0.5, 0.6) is 23.0 Å². The van der Waals surface area contributed by atoms with Crippen LogP contribution in [0.4, 0.5) is 0 Å². The fraction of sp³-hybridized carbons (Fsp3) is 0.133. The van der Waals surface area contributed by atoms with Crippen LogP contribution >= 0.6 is 0 Å². The van der Waals surface area contributed by atoms with Crippen LogP contribution in [0.25, 0.3) is 0 Å². The topological polar surface area (TPSA) is 61.8 Å². The molecule has 4 aromatic carbocycles. The van der Waals surface area contributed by atoms with Gasteiger partial charge in [0, 0.05) is 0 Å². The van der Waals surface area contributed by atoms with E-state index in [-0.39, 0.29) is 0 Å². The number of benzene rings is 4. The summed E-state index contributed by atoms with van der Waals surface area (Å²) in [7, 11) is 0. The van der Waals surface area contributed by atoms with E-state index in [1.807, 2.05) is 24.3 Å². The summed E-state index contributed by atoms with van der Waals surface area (Å²) >= 11 is 0. The Morgan fingerprint density at radius 1 is 0.486 bits per heavy atom. The van der Waals surface area contributed by atoms with Crippen molar-refractivity contribution < 1.29 is 23.8 Å². The van der Waals surface area contributed by atoms with Crippen LogP contribution in [0.3, 0.4) is 0 Å². The fourth-order valence-corrected chi connectivity index (χ4v) is 3.37. The zero-order chi connectivity index (χ0) is 24.6. The highest BCUT2D eigenvalue weighted by molar-refractivity contribution is 5.91. The van der Waals surface area contributed by atoms with Crippen molar-refractivity contribution >= 4 is 11.9 Å². The monoisotopic (exact) mass is 466 g/mol. The van der Waals surface area contributed by atoms with E-state index in [2.05, 4.69) is 13.8 Å². The van der Waals surface area contributed by atoms with E-state index in [1.54, 1.807) is 72.8 Å². The Kier molecular flexibility index (Phi) is 7.58. The van der Waals surface area contributed by atoms with Crippen molar-refractivity contribution in [1.29, 1.82) is 0 Å². The highest BCUT2D eigenvalue weighted by Gasteiger charge is 2.10. The Labute approximate surface area is 204 Å². The van der Waals surface area contributed by atoms with Crippen molar-refractivity contribution in [1.82, 2.24) is 0 Å². The molecule has 0 aliphatic heterocycles. The summed E-state index contributed by atoms with van der Waals surface area (Å²) in [5.41, 5.74) is 3.33. The molecule has 0 aromatic heterocycles. The molecule has 0 N–H and O–H groups in total. The molecule has 0 heterocycles. The van der Waals surface area contributed by atoms with Crippen molar-refractivity contribution in [3.8, 4) is 23.0 Å². The van der Waals surface area contributed by atoms with Gasteiger partial charge in [0.15, 0.2) is 0 Å². The molecule has 0 atom stereocenters. The molecule has 0 bridgehead atoms. The number of ether oxygens (including phenoxy) is 3. The lowest BCUT2D eigenvalue weighted by atomic mass is 10.1. The van der Waals surface area contributed by atoms with E-state index >= 15 is 0 Å². The highest BCUT2D eigenvalue weighted by Crippen LogP contribution is 2.26. The number of aryl methyl sites for hydroxylation is 2. The number of rotatable bonds is 8. The molecule has 4 aromatic rings. The molecule has 0 spiro atoms.